The Bertz CT molecular complexity index is 397. The van der Waals surface area contributed by atoms with E-state index in [0.717, 1.165) is 31.8 Å². The molecule has 0 unspecified atom stereocenters. The number of hydrogen-bond acceptors (Lipinski definition) is 3. The average Bonchev–Trinajstić information content (AvgIpc) is 2.39. The standard InChI is InChI=1S/C16H26N2O/c1-16(2,13-18-9-7-17-8-10-18)12-14-5-4-6-15(11-14)19-3/h4-6,11,17H,7-10,12-13H2,1-3H3. The Morgan fingerprint density at radius 3 is 2.68 bits per heavy atom. The quantitative estimate of drug-likeness (QED) is 0.880. The van der Waals surface area contributed by atoms with E-state index in [9.17, 15) is 0 Å². The van der Waals surface area contributed by atoms with Gasteiger partial charge < -0.3 is 15.0 Å². The molecule has 0 spiro atoms. The van der Waals surface area contributed by atoms with Crippen LogP contribution < -0.4 is 10.1 Å². The Balaban J connectivity index is 1.94. The summed E-state index contributed by atoms with van der Waals surface area (Å²) in [5.74, 6) is 0.954. The van der Waals surface area contributed by atoms with E-state index in [-0.39, 0.29) is 0 Å². The van der Waals surface area contributed by atoms with Crippen LogP contribution in [0, 0.1) is 5.41 Å². The molecule has 106 valence electrons. The second-order valence-corrected chi connectivity index (χ2v) is 6.22. The zero-order valence-corrected chi connectivity index (χ0v) is 12.4. The molecule has 0 atom stereocenters. The molecule has 1 N–H and O–H groups in total. The van der Waals surface area contributed by atoms with E-state index in [4.69, 9.17) is 4.74 Å². The number of rotatable bonds is 5. The minimum Gasteiger partial charge on any atom is -0.497 e. The molecular weight excluding hydrogens is 236 g/mol. The third kappa shape index (κ3) is 4.51. The lowest BCUT2D eigenvalue weighted by Gasteiger charge is -2.35. The predicted molar refractivity (Wildman–Crippen MR) is 79.8 cm³/mol. The van der Waals surface area contributed by atoms with Gasteiger partial charge in [-0.15, -0.1) is 0 Å². The maximum Gasteiger partial charge on any atom is 0.119 e. The van der Waals surface area contributed by atoms with Gasteiger partial charge in [-0.2, -0.15) is 0 Å². The molecule has 0 saturated carbocycles. The third-order valence-corrected chi connectivity index (χ3v) is 3.68. The second-order valence-electron chi connectivity index (χ2n) is 6.22. The molecule has 0 aliphatic carbocycles. The minimum atomic E-state index is 0.295. The van der Waals surface area contributed by atoms with Gasteiger partial charge in [0.25, 0.3) is 0 Å². The Labute approximate surface area is 116 Å². The Morgan fingerprint density at radius 1 is 1.26 bits per heavy atom. The van der Waals surface area contributed by atoms with Crippen molar-refractivity contribution < 1.29 is 4.74 Å². The molecule has 0 radical (unpaired) electrons. The Hall–Kier alpha value is -1.06. The highest BCUT2D eigenvalue weighted by Crippen LogP contribution is 2.25. The van der Waals surface area contributed by atoms with E-state index in [1.54, 1.807) is 7.11 Å². The van der Waals surface area contributed by atoms with Gasteiger partial charge in [0.1, 0.15) is 5.75 Å². The summed E-state index contributed by atoms with van der Waals surface area (Å²) in [4.78, 5) is 2.57. The molecule has 3 nitrogen and oxygen atoms in total. The van der Waals surface area contributed by atoms with Crippen LogP contribution in [-0.4, -0.2) is 44.7 Å². The first-order chi connectivity index (χ1) is 9.09. The molecule has 1 aromatic carbocycles. The molecule has 1 aliphatic rings. The fourth-order valence-electron chi connectivity index (χ4n) is 2.87. The lowest BCUT2D eigenvalue weighted by Crippen LogP contribution is -2.47. The maximum atomic E-state index is 5.30. The molecule has 1 fully saturated rings. The number of nitrogens with zero attached hydrogens (tertiary/aromatic N) is 1. The van der Waals surface area contributed by atoms with E-state index in [1.807, 2.05) is 6.07 Å². The molecule has 2 rings (SSSR count). The molecule has 1 saturated heterocycles. The van der Waals surface area contributed by atoms with Crippen LogP contribution in [0.3, 0.4) is 0 Å². The van der Waals surface area contributed by atoms with Crippen LogP contribution in [0.1, 0.15) is 19.4 Å². The van der Waals surface area contributed by atoms with Crippen molar-refractivity contribution in [3.05, 3.63) is 29.8 Å². The molecular formula is C16H26N2O. The van der Waals surface area contributed by atoms with E-state index >= 15 is 0 Å². The maximum absolute atomic E-state index is 5.30. The van der Waals surface area contributed by atoms with Crippen LogP contribution in [0.4, 0.5) is 0 Å². The van der Waals surface area contributed by atoms with Crippen LogP contribution in [0.5, 0.6) is 5.75 Å². The van der Waals surface area contributed by atoms with E-state index in [2.05, 4.69) is 42.3 Å². The molecule has 0 amide bonds. The summed E-state index contributed by atoms with van der Waals surface area (Å²) in [5.41, 5.74) is 1.66. The Morgan fingerprint density at radius 2 is 2.00 bits per heavy atom. The topological polar surface area (TPSA) is 24.5 Å². The molecule has 1 aliphatic heterocycles. The lowest BCUT2D eigenvalue weighted by molar-refractivity contribution is 0.160. The number of methoxy groups -OCH3 is 1. The monoisotopic (exact) mass is 262 g/mol. The van der Waals surface area contributed by atoms with Crippen LogP contribution >= 0.6 is 0 Å². The van der Waals surface area contributed by atoms with Crippen LogP contribution in [0.2, 0.25) is 0 Å². The van der Waals surface area contributed by atoms with Gasteiger partial charge in [-0.25, -0.2) is 0 Å². The highest BCUT2D eigenvalue weighted by molar-refractivity contribution is 5.29. The minimum absolute atomic E-state index is 0.295. The lowest BCUT2D eigenvalue weighted by atomic mass is 9.85. The summed E-state index contributed by atoms with van der Waals surface area (Å²) >= 11 is 0. The predicted octanol–water partition coefficient (Wildman–Crippen LogP) is 2.17. The summed E-state index contributed by atoms with van der Waals surface area (Å²) < 4.78 is 5.30. The summed E-state index contributed by atoms with van der Waals surface area (Å²) in [5, 5.41) is 3.41. The summed E-state index contributed by atoms with van der Waals surface area (Å²) in [6.07, 6.45) is 1.09. The van der Waals surface area contributed by atoms with Crippen LogP contribution in [-0.2, 0) is 6.42 Å². The SMILES string of the molecule is COc1cccc(CC(C)(C)CN2CCNCC2)c1. The number of nitrogens with one attached hydrogen (secondary N) is 1. The van der Waals surface area contributed by atoms with Crippen LogP contribution in [0.25, 0.3) is 0 Å². The molecule has 3 heteroatoms. The zero-order valence-electron chi connectivity index (χ0n) is 12.4. The zero-order chi connectivity index (χ0) is 13.7. The average molecular weight is 262 g/mol. The third-order valence-electron chi connectivity index (χ3n) is 3.68. The fraction of sp³-hybridized carbons (Fsp3) is 0.625. The van der Waals surface area contributed by atoms with Gasteiger partial charge in [-0.1, -0.05) is 26.0 Å². The van der Waals surface area contributed by atoms with Crippen molar-refractivity contribution in [1.82, 2.24) is 10.2 Å². The van der Waals surface area contributed by atoms with Crippen molar-refractivity contribution in [2.75, 3.05) is 39.8 Å². The van der Waals surface area contributed by atoms with E-state index in [0.29, 0.717) is 5.41 Å². The molecule has 0 bridgehead atoms. The molecule has 1 heterocycles. The highest BCUT2D eigenvalue weighted by atomic mass is 16.5. The fourth-order valence-corrected chi connectivity index (χ4v) is 2.87. The van der Waals surface area contributed by atoms with Gasteiger partial charge >= 0.3 is 0 Å². The number of piperazine rings is 1. The van der Waals surface area contributed by atoms with Crippen molar-refractivity contribution in [3.8, 4) is 5.75 Å². The molecule has 19 heavy (non-hydrogen) atoms. The first-order valence-corrected chi connectivity index (χ1v) is 7.15. The summed E-state index contributed by atoms with van der Waals surface area (Å²) in [7, 11) is 1.73. The van der Waals surface area contributed by atoms with Crippen molar-refractivity contribution in [2.24, 2.45) is 5.41 Å². The number of hydrogen-bond donors (Lipinski definition) is 1. The second kappa shape index (κ2) is 6.40. The van der Waals surface area contributed by atoms with Crippen molar-refractivity contribution in [3.63, 3.8) is 0 Å². The van der Waals surface area contributed by atoms with Gasteiger partial charge in [0, 0.05) is 32.7 Å². The summed E-state index contributed by atoms with van der Waals surface area (Å²) in [6.45, 7) is 10.4. The van der Waals surface area contributed by atoms with E-state index in [1.165, 1.54) is 18.7 Å². The van der Waals surface area contributed by atoms with Crippen LogP contribution in [0.15, 0.2) is 24.3 Å². The van der Waals surface area contributed by atoms with Crippen molar-refractivity contribution in [1.29, 1.82) is 0 Å². The normalized spacial score (nSPS) is 17.4. The molecule has 0 aromatic heterocycles. The smallest absolute Gasteiger partial charge is 0.119 e. The van der Waals surface area contributed by atoms with Crippen molar-refractivity contribution in [2.45, 2.75) is 20.3 Å². The largest absolute Gasteiger partial charge is 0.497 e. The number of benzene rings is 1. The first-order valence-electron chi connectivity index (χ1n) is 7.15. The first kappa shape index (κ1) is 14.4. The molecule has 1 aromatic rings. The van der Waals surface area contributed by atoms with Gasteiger partial charge in [0.2, 0.25) is 0 Å². The Kier molecular flexibility index (Phi) is 4.83. The van der Waals surface area contributed by atoms with Gasteiger partial charge in [-0.05, 0) is 29.5 Å². The number of ether oxygens (including phenoxy) is 1. The summed E-state index contributed by atoms with van der Waals surface area (Å²) in [6, 6.07) is 8.43. The van der Waals surface area contributed by atoms with Gasteiger partial charge in [0.05, 0.1) is 7.11 Å². The van der Waals surface area contributed by atoms with Crippen molar-refractivity contribution >= 4 is 0 Å². The van der Waals surface area contributed by atoms with E-state index < -0.39 is 0 Å². The van der Waals surface area contributed by atoms with Gasteiger partial charge in [-0.3, -0.25) is 0 Å². The highest BCUT2D eigenvalue weighted by Gasteiger charge is 2.23. The van der Waals surface area contributed by atoms with Gasteiger partial charge in [0.15, 0.2) is 0 Å².